The first kappa shape index (κ1) is 35.4. The largest absolute Gasteiger partial charge is 0.490 e. The van der Waals surface area contributed by atoms with Crippen LogP contribution >= 0.6 is 0 Å². The normalized spacial score (nSPS) is 48.7. The molecule has 0 spiro atoms. The van der Waals surface area contributed by atoms with Gasteiger partial charge in [-0.2, -0.15) is 0 Å². The SMILES string of the molecule is O=C(O)c1ccc(OC2CCC3C4NC5NC(NC6NC(NC7NC(NC(N4)C3C2)C2CCCCC72)C2CCCCC62)C2CCCCC52)cc1.[Cu]. The Kier molecular flexibility index (Phi) is 10.2. The minimum absolute atomic E-state index is 0. The van der Waals surface area contributed by atoms with Crippen molar-refractivity contribution in [1.29, 1.82) is 0 Å². The molecule has 9 N–H and O–H groups in total. The summed E-state index contributed by atoms with van der Waals surface area (Å²) in [5, 5.41) is 43.1. The molecule has 11 nitrogen and oxygen atoms in total. The van der Waals surface area contributed by atoms with Gasteiger partial charge in [-0.25, -0.2) is 4.79 Å². The van der Waals surface area contributed by atoms with E-state index in [1.54, 1.807) is 12.1 Å². The molecule has 17 unspecified atom stereocenters. The topological polar surface area (TPSA) is 143 Å². The van der Waals surface area contributed by atoms with E-state index in [1.807, 2.05) is 12.1 Å². The van der Waals surface area contributed by atoms with Gasteiger partial charge in [0.1, 0.15) is 5.75 Å². The van der Waals surface area contributed by atoms with E-state index in [1.165, 1.54) is 77.0 Å². The monoisotopic (exact) mass is 751 g/mol. The zero-order valence-corrected chi connectivity index (χ0v) is 30.7. The summed E-state index contributed by atoms with van der Waals surface area (Å²) in [5.74, 6) is 4.79. The number of carbonyl (C=O) groups is 1. The molecule has 10 rings (SSSR count). The van der Waals surface area contributed by atoms with E-state index in [-0.39, 0.29) is 41.7 Å². The van der Waals surface area contributed by atoms with Crippen LogP contribution in [0.2, 0.25) is 0 Å². The minimum Gasteiger partial charge on any atom is -0.490 e. The summed E-state index contributed by atoms with van der Waals surface area (Å²) >= 11 is 0. The molecule has 5 heterocycles. The maximum absolute atomic E-state index is 11.4. The maximum Gasteiger partial charge on any atom is 0.335 e. The number of aromatic carboxylic acids is 1. The van der Waals surface area contributed by atoms with Crippen LogP contribution in [0.4, 0.5) is 0 Å². The third-order valence-electron chi connectivity index (χ3n) is 15.2. The van der Waals surface area contributed by atoms with E-state index in [0.29, 0.717) is 83.7 Å². The molecule has 4 saturated carbocycles. The number of nitrogens with one attached hydrogen (secondary N) is 8. The molecular formula is C39H60CuN8O3. The summed E-state index contributed by atoms with van der Waals surface area (Å²) in [5.41, 5.74) is 0.299. The minimum atomic E-state index is -0.901. The standard InChI is InChI=1S/C39H60N8O3.Cu/c48-39(49)20-13-15-21(16-14-20)50-22-17-18-29-30(19-22)38-46-36-28-12-6-5-11-27(28)34(44-36)42-32-24-8-2-1-7-23(24)31(40-32)41-33-25-9-3-4-10-26(25)35(43-33)45-37(29)47-38;/h13-16,22-38,40-47H,1-12,17-19H2,(H,48,49);. The van der Waals surface area contributed by atoms with Gasteiger partial charge in [-0.1, -0.05) is 38.5 Å². The molecule has 12 heteroatoms. The predicted molar refractivity (Wildman–Crippen MR) is 190 cm³/mol. The van der Waals surface area contributed by atoms with Gasteiger partial charge in [0.15, 0.2) is 0 Å². The van der Waals surface area contributed by atoms with Crippen LogP contribution < -0.4 is 47.3 Å². The second-order valence-electron chi connectivity index (χ2n) is 17.7. The molecule has 8 bridgehead atoms. The Morgan fingerprint density at radius 2 is 0.784 bits per heavy atom. The van der Waals surface area contributed by atoms with E-state index in [0.717, 1.165) is 25.0 Å². The molecule has 5 saturated heterocycles. The van der Waals surface area contributed by atoms with Crippen molar-refractivity contribution in [3.05, 3.63) is 29.8 Å². The van der Waals surface area contributed by atoms with Gasteiger partial charge in [-0.15, -0.1) is 0 Å². The van der Waals surface area contributed by atoms with Gasteiger partial charge in [0.05, 0.1) is 61.0 Å². The van der Waals surface area contributed by atoms with E-state index >= 15 is 0 Å². The molecular weight excluding hydrogens is 692 g/mol. The zero-order valence-electron chi connectivity index (χ0n) is 29.8. The van der Waals surface area contributed by atoms with Gasteiger partial charge in [0.2, 0.25) is 0 Å². The van der Waals surface area contributed by atoms with E-state index in [9.17, 15) is 9.90 Å². The van der Waals surface area contributed by atoms with Crippen molar-refractivity contribution in [3.63, 3.8) is 0 Å². The first-order valence-electron chi connectivity index (χ1n) is 20.6. The number of benzene rings is 1. The van der Waals surface area contributed by atoms with Crippen LogP contribution in [0.1, 0.15) is 107 Å². The maximum atomic E-state index is 11.4. The van der Waals surface area contributed by atoms with Crippen LogP contribution in [0.15, 0.2) is 24.3 Å². The molecule has 1 radical (unpaired) electrons. The molecule has 1 aromatic rings. The van der Waals surface area contributed by atoms with Crippen LogP contribution in [-0.2, 0) is 17.1 Å². The van der Waals surface area contributed by atoms with Crippen LogP contribution in [0, 0.1) is 47.3 Å². The third-order valence-corrected chi connectivity index (χ3v) is 15.2. The van der Waals surface area contributed by atoms with Crippen molar-refractivity contribution in [2.75, 3.05) is 0 Å². The quantitative estimate of drug-likeness (QED) is 0.210. The fourth-order valence-electron chi connectivity index (χ4n) is 12.9. The van der Waals surface area contributed by atoms with Crippen LogP contribution in [0.3, 0.4) is 0 Å². The zero-order chi connectivity index (χ0) is 33.3. The molecule has 17 atom stereocenters. The number of fused-ring (bicyclic) bond motifs is 20. The Morgan fingerprint density at radius 1 is 0.471 bits per heavy atom. The summed E-state index contributed by atoms with van der Waals surface area (Å²) in [7, 11) is 0. The summed E-state index contributed by atoms with van der Waals surface area (Å²) in [6.07, 6.45) is 21.6. The molecule has 1 aromatic carbocycles. The van der Waals surface area contributed by atoms with Crippen molar-refractivity contribution in [2.24, 2.45) is 47.3 Å². The summed E-state index contributed by atoms with van der Waals surface area (Å²) in [4.78, 5) is 11.4. The van der Waals surface area contributed by atoms with Crippen molar-refractivity contribution < 1.29 is 31.7 Å². The fourth-order valence-corrected chi connectivity index (χ4v) is 12.9. The second-order valence-corrected chi connectivity index (χ2v) is 17.7. The van der Waals surface area contributed by atoms with Gasteiger partial charge in [-0.05, 0) is 129 Å². The average Bonchev–Trinajstić information content (AvgIpc) is 3.87. The van der Waals surface area contributed by atoms with E-state index in [4.69, 9.17) is 4.74 Å². The number of hydrogen-bond donors (Lipinski definition) is 9. The number of carboxylic acids is 1. The number of ether oxygens (including phenoxy) is 1. The predicted octanol–water partition coefficient (Wildman–Crippen LogP) is 3.36. The molecule has 285 valence electrons. The van der Waals surface area contributed by atoms with E-state index in [2.05, 4.69) is 42.5 Å². The Bertz CT molecular complexity index is 1390. The van der Waals surface area contributed by atoms with E-state index < -0.39 is 5.97 Å². The van der Waals surface area contributed by atoms with Gasteiger partial charge in [-0.3, -0.25) is 42.5 Å². The van der Waals surface area contributed by atoms with Gasteiger partial charge < -0.3 is 9.84 Å². The average molecular weight is 753 g/mol. The van der Waals surface area contributed by atoms with Crippen molar-refractivity contribution in [2.45, 2.75) is 152 Å². The number of hydrogen-bond acceptors (Lipinski definition) is 10. The first-order chi connectivity index (χ1) is 24.6. The summed E-state index contributed by atoms with van der Waals surface area (Å²) in [6.45, 7) is 0. The molecule has 9 fully saturated rings. The molecule has 0 aromatic heterocycles. The molecule has 51 heavy (non-hydrogen) atoms. The third kappa shape index (κ3) is 6.61. The van der Waals surface area contributed by atoms with Crippen LogP contribution in [0.5, 0.6) is 5.75 Å². The fraction of sp³-hybridized carbons (Fsp3) is 0.821. The molecule has 4 aliphatic carbocycles. The summed E-state index contributed by atoms with van der Waals surface area (Å²) < 4.78 is 6.58. The van der Waals surface area contributed by atoms with Gasteiger partial charge in [0, 0.05) is 17.1 Å². The molecule has 5 aliphatic heterocycles. The Balaban J connectivity index is 0.00000348. The van der Waals surface area contributed by atoms with Crippen molar-refractivity contribution >= 4 is 5.97 Å². The Labute approximate surface area is 313 Å². The van der Waals surface area contributed by atoms with Gasteiger partial charge in [0.25, 0.3) is 0 Å². The molecule has 0 amide bonds. The number of rotatable bonds is 3. The van der Waals surface area contributed by atoms with Gasteiger partial charge >= 0.3 is 5.97 Å². The first-order valence-corrected chi connectivity index (χ1v) is 20.6. The summed E-state index contributed by atoms with van der Waals surface area (Å²) in [6, 6.07) is 6.96. The van der Waals surface area contributed by atoms with Crippen molar-refractivity contribution in [3.8, 4) is 5.75 Å². The van der Waals surface area contributed by atoms with Crippen LogP contribution in [0.25, 0.3) is 0 Å². The Morgan fingerprint density at radius 3 is 1.12 bits per heavy atom. The smallest absolute Gasteiger partial charge is 0.335 e. The van der Waals surface area contributed by atoms with Crippen molar-refractivity contribution in [1.82, 2.24) is 42.5 Å². The van der Waals surface area contributed by atoms with Crippen LogP contribution in [-0.4, -0.2) is 66.5 Å². The Hall–Kier alpha value is -1.31. The number of carboxylic acid groups (broad SMARTS) is 1. The second kappa shape index (κ2) is 14.7. The molecule has 9 aliphatic rings.